The van der Waals surface area contributed by atoms with Gasteiger partial charge in [0.25, 0.3) is 0 Å². The van der Waals surface area contributed by atoms with Crippen LogP contribution in [-0.4, -0.2) is 24.3 Å². The monoisotopic (exact) mass is 368 g/mol. The SMILES string of the molecule is CC(C)(C)C(=O)Oc1cc2c(c(B3OC(C)(C)C(C)(C)O3)c1)C=CCC=C2. The van der Waals surface area contributed by atoms with E-state index in [9.17, 15) is 4.79 Å². The second kappa shape index (κ2) is 6.64. The Hall–Kier alpha value is -1.85. The molecule has 1 aliphatic heterocycles. The van der Waals surface area contributed by atoms with Gasteiger partial charge in [0.15, 0.2) is 0 Å². The van der Waals surface area contributed by atoms with Gasteiger partial charge in [-0.25, -0.2) is 0 Å². The van der Waals surface area contributed by atoms with Crippen molar-refractivity contribution < 1.29 is 18.8 Å². The van der Waals surface area contributed by atoms with Crippen molar-refractivity contribution in [3.05, 3.63) is 35.4 Å². The third-order valence-corrected chi connectivity index (χ3v) is 5.40. The maximum absolute atomic E-state index is 12.4. The standard InChI is InChI=1S/C22H29BO4/c1-20(2,3)19(24)25-16-13-15-11-9-8-10-12-17(15)18(14-16)23-26-21(4,5)22(6,7)27-23/h9-14H,8H2,1-7H3. The van der Waals surface area contributed by atoms with Crippen LogP contribution < -0.4 is 10.2 Å². The van der Waals surface area contributed by atoms with Crippen LogP contribution in [0.3, 0.4) is 0 Å². The number of esters is 1. The Bertz CT molecular complexity index is 796. The lowest BCUT2D eigenvalue weighted by Gasteiger charge is -2.32. The van der Waals surface area contributed by atoms with Gasteiger partial charge < -0.3 is 14.0 Å². The lowest BCUT2D eigenvalue weighted by Crippen LogP contribution is -2.41. The van der Waals surface area contributed by atoms with Gasteiger partial charge in [0.2, 0.25) is 0 Å². The van der Waals surface area contributed by atoms with Crippen LogP contribution in [-0.2, 0) is 14.1 Å². The fraction of sp³-hybridized carbons (Fsp3) is 0.500. The molecule has 0 radical (unpaired) electrons. The van der Waals surface area contributed by atoms with E-state index in [1.807, 2.05) is 60.6 Å². The molecule has 3 rings (SSSR count). The summed E-state index contributed by atoms with van der Waals surface area (Å²) in [6, 6.07) is 3.77. The number of allylic oxidation sites excluding steroid dienone is 2. The molecule has 1 aliphatic carbocycles. The second-order valence-electron chi connectivity index (χ2n) is 9.28. The lowest BCUT2D eigenvalue weighted by atomic mass is 9.74. The van der Waals surface area contributed by atoms with Crippen molar-refractivity contribution in [1.82, 2.24) is 0 Å². The zero-order valence-corrected chi connectivity index (χ0v) is 17.4. The van der Waals surface area contributed by atoms with Crippen LogP contribution in [0.5, 0.6) is 5.75 Å². The lowest BCUT2D eigenvalue weighted by molar-refractivity contribution is -0.142. The minimum absolute atomic E-state index is 0.268. The molecule has 0 unspecified atom stereocenters. The van der Waals surface area contributed by atoms with Crippen LogP contribution >= 0.6 is 0 Å². The van der Waals surface area contributed by atoms with Crippen LogP contribution in [0.25, 0.3) is 12.2 Å². The number of carbonyl (C=O) groups is 1. The molecule has 0 saturated carbocycles. The van der Waals surface area contributed by atoms with Gasteiger partial charge >= 0.3 is 13.1 Å². The summed E-state index contributed by atoms with van der Waals surface area (Å²) in [5, 5.41) is 0. The summed E-state index contributed by atoms with van der Waals surface area (Å²) in [5.74, 6) is 0.244. The van der Waals surface area contributed by atoms with Crippen molar-refractivity contribution in [3.8, 4) is 5.75 Å². The molecule has 0 spiro atoms. The number of rotatable bonds is 2. The highest BCUT2D eigenvalue weighted by Crippen LogP contribution is 2.37. The van der Waals surface area contributed by atoms with Gasteiger partial charge in [-0.3, -0.25) is 4.79 Å². The fourth-order valence-electron chi connectivity index (χ4n) is 2.94. The van der Waals surface area contributed by atoms with Crippen LogP contribution in [0, 0.1) is 5.41 Å². The number of ether oxygens (including phenoxy) is 1. The first-order valence-electron chi connectivity index (χ1n) is 9.50. The van der Waals surface area contributed by atoms with Gasteiger partial charge in [-0.05, 0) is 83.6 Å². The number of hydrogen-bond donors (Lipinski definition) is 0. The van der Waals surface area contributed by atoms with Gasteiger partial charge in [0, 0.05) is 0 Å². The predicted molar refractivity (Wildman–Crippen MR) is 110 cm³/mol. The third-order valence-electron chi connectivity index (χ3n) is 5.40. The third kappa shape index (κ3) is 3.90. The summed E-state index contributed by atoms with van der Waals surface area (Å²) in [6.45, 7) is 13.7. The molecule has 1 saturated heterocycles. The average molecular weight is 368 g/mol. The smallest absolute Gasteiger partial charge is 0.426 e. The van der Waals surface area contributed by atoms with Gasteiger partial charge in [0.1, 0.15) is 5.75 Å². The summed E-state index contributed by atoms with van der Waals surface area (Å²) in [6.07, 6.45) is 9.20. The molecule has 1 fully saturated rings. The molecule has 0 amide bonds. The maximum Gasteiger partial charge on any atom is 0.495 e. The molecule has 4 nitrogen and oxygen atoms in total. The highest BCUT2D eigenvalue weighted by atomic mass is 16.7. The summed E-state index contributed by atoms with van der Waals surface area (Å²) in [5.41, 5.74) is 1.46. The first-order chi connectivity index (χ1) is 12.4. The van der Waals surface area contributed by atoms with E-state index < -0.39 is 23.7 Å². The van der Waals surface area contributed by atoms with E-state index in [4.69, 9.17) is 14.0 Å². The molecule has 27 heavy (non-hydrogen) atoms. The zero-order valence-electron chi connectivity index (χ0n) is 17.4. The molecule has 1 aromatic carbocycles. The van der Waals surface area contributed by atoms with Gasteiger partial charge in [-0.1, -0.05) is 24.3 Å². The second-order valence-corrected chi connectivity index (χ2v) is 9.28. The number of carbonyl (C=O) groups excluding carboxylic acids is 1. The molecule has 0 N–H and O–H groups in total. The summed E-state index contributed by atoms with van der Waals surface area (Å²) in [7, 11) is -0.520. The van der Waals surface area contributed by atoms with Crippen LogP contribution in [0.1, 0.15) is 66.0 Å². The average Bonchev–Trinajstić information content (AvgIpc) is 2.69. The van der Waals surface area contributed by atoms with Crippen LogP contribution in [0.2, 0.25) is 0 Å². The van der Waals surface area contributed by atoms with Crippen LogP contribution in [0.4, 0.5) is 0 Å². The minimum atomic E-state index is -0.576. The van der Waals surface area contributed by atoms with Gasteiger partial charge in [0.05, 0.1) is 16.6 Å². The predicted octanol–water partition coefficient (Wildman–Crippen LogP) is 4.37. The zero-order chi connectivity index (χ0) is 20.0. The summed E-state index contributed by atoms with van der Waals surface area (Å²) >= 11 is 0. The van der Waals surface area contributed by atoms with Crippen molar-refractivity contribution in [2.24, 2.45) is 5.41 Å². The van der Waals surface area contributed by atoms with Crippen LogP contribution in [0.15, 0.2) is 24.3 Å². The Morgan fingerprint density at radius 1 is 1.04 bits per heavy atom. The number of hydrogen-bond acceptors (Lipinski definition) is 4. The Morgan fingerprint density at radius 2 is 1.63 bits per heavy atom. The number of fused-ring (bicyclic) bond motifs is 1. The molecular weight excluding hydrogens is 339 g/mol. The highest BCUT2D eigenvalue weighted by molar-refractivity contribution is 6.63. The highest BCUT2D eigenvalue weighted by Gasteiger charge is 2.52. The molecule has 0 atom stereocenters. The molecule has 5 heteroatoms. The van der Waals surface area contributed by atoms with E-state index in [2.05, 4.69) is 24.3 Å². The topological polar surface area (TPSA) is 44.8 Å². The first kappa shape index (κ1) is 19.9. The summed E-state index contributed by atoms with van der Waals surface area (Å²) < 4.78 is 18.2. The maximum atomic E-state index is 12.4. The largest absolute Gasteiger partial charge is 0.495 e. The quantitative estimate of drug-likeness (QED) is 0.442. The molecule has 1 heterocycles. The fourth-order valence-corrected chi connectivity index (χ4v) is 2.94. The van der Waals surface area contributed by atoms with E-state index >= 15 is 0 Å². The molecule has 0 bridgehead atoms. The molecular formula is C22H29BO4. The van der Waals surface area contributed by atoms with Gasteiger partial charge in [-0.15, -0.1) is 0 Å². The molecule has 0 aromatic heterocycles. The Balaban J connectivity index is 2.06. The Labute approximate surface area is 162 Å². The molecule has 144 valence electrons. The summed E-state index contributed by atoms with van der Waals surface area (Å²) in [4.78, 5) is 12.4. The van der Waals surface area contributed by atoms with Crippen molar-refractivity contribution >= 4 is 30.7 Å². The van der Waals surface area contributed by atoms with E-state index in [0.717, 1.165) is 23.0 Å². The van der Waals surface area contributed by atoms with E-state index in [1.165, 1.54) is 0 Å². The van der Waals surface area contributed by atoms with Crippen molar-refractivity contribution in [2.75, 3.05) is 0 Å². The first-order valence-corrected chi connectivity index (χ1v) is 9.50. The normalized spacial score (nSPS) is 20.3. The Kier molecular flexibility index (Phi) is 4.90. The Morgan fingerprint density at radius 3 is 2.22 bits per heavy atom. The van der Waals surface area contributed by atoms with E-state index in [0.29, 0.717) is 5.75 Å². The van der Waals surface area contributed by atoms with E-state index in [1.54, 1.807) is 0 Å². The van der Waals surface area contributed by atoms with Crippen molar-refractivity contribution in [1.29, 1.82) is 0 Å². The molecule has 1 aromatic rings. The minimum Gasteiger partial charge on any atom is -0.426 e. The van der Waals surface area contributed by atoms with Crippen molar-refractivity contribution in [2.45, 2.75) is 66.1 Å². The van der Waals surface area contributed by atoms with Crippen molar-refractivity contribution in [3.63, 3.8) is 0 Å². The van der Waals surface area contributed by atoms with E-state index in [-0.39, 0.29) is 5.97 Å². The number of benzene rings is 1. The molecule has 2 aliphatic rings. The van der Waals surface area contributed by atoms with Gasteiger partial charge in [-0.2, -0.15) is 0 Å².